The third-order valence-corrected chi connectivity index (χ3v) is 5.22. The van der Waals surface area contributed by atoms with E-state index in [1.807, 2.05) is 41.3 Å². The summed E-state index contributed by atoms with van der Waals surface area (Å²) < 4.78 is 5.96. The smallest absolute Gasteiger partial charge is 0.254 e. The molecule has 1 unspecified atom stereocenters. The molecule has 1 saturated heterocycles. The van der Waals surface area contributed by atoms with Gasteiger partial charge in [-0.2, -0.15) is 0 Å². The molecule has 2 heterocycles. The molecule has 0 radical (unpaired) electrons. The van der Waals surface area contributed by atoms with Gasteiger partial charge in [0.2, 0.25) is 0 Å². The van der Waals surface area contributed by atoms with Gasteiger partial charge in [-0.1, -0.05) is 35.9 Å². The van der Waals surface area contributed by atoms with Crippen LogP contribution in [-0.4, -0.2) is 40.5 Å². The Bertz CT molecular complexity index is 919. The number of nitrogens with zero attached hydrogens (tertiary/aromatic N) is 2. The molecule has 1 aliphatic rings. The summed E-state index contributed by atoms with van der Waals surface area (Å²) in [7, 11) is 0. The van der Waals surface area contributed by atoms with Crippen LogP contribution in [0.5, 0.6) is 5.75 Å². The summed E-state index contributed by atoms with van der Waals surface area (Å²) >= 11 is 0. The van der Waals surface area contributed by atoms with Crippen molar-refractivity contribution in [2.75, 3.05) is 19.7 Å². The van der Waals surface area contributed by atoms with Crippen LogP contribution >= 0.6 is 0 Å². The van der Waals surface area contributed by atoms with Gasteiger partial charge in [-0.05, 0) is 38.0 Å². The van der Waals surface area contributed by atoms with E-state index in [2.05, 4.69) is 29.0 Å². The van der Waals surface area contributed by atoms with Crippen LogP contribution in [0.1, 0.15) is 28.8 Å². The number of amides is 1. The van der Waals surface area contributed by atoms with Gasteiger partial charge >= 0.3 is 0 Å². The molecular weight excluding hydrogens is 350 g/mol. The number of ether oxygens (including phenoxy) is 1. The third kappa shape index (κ3) is 4.09. The Hall–Kier alpha value is -3.08. The standard InChI is InChI=1S/C23H25N3O2/c1-17-8-10-19(11-9-17)28-16-18-5-4-14-26(15-18)23(27)21-7-3-2-6-20(21)22-24-12-13-25-22/h2-3,6-13,18H,4-5,14-16H2,1H3,(H,24,25). The molecule has 1 aliphatic heterocycles. The quantitative estimate of drug-likeness (QED) is 0.723. The molecule has 1 atom stereocenters. The zero-order valence-electron chi connectivity index (χ0n) is 16.1. The zero-order valence-corrected chi connectivity index (χ0v) is 16.1. The number of nitrogens with one attached hydrogen (secondary N) is 1. The molecule has 1 fully saturated rings. The second-order valence-corrected chi connectivity index (χ2v) is 7.37. The van der Waals surface area contributed by atoms with Gasteiger partial charge < -0.3 is 14.6 Å². The number of H-pyrrole nitrogens is 1. The van der Waals surface area contributed by atoms with Gasteiger partial charge in [0.25, 0.3) is 5.91 Å². The lowest BCUT2D eigenvalue weighted by Gasteiger charge is -2.33. The summed E-state index contributed by atoms with van der Waals surface area (Å²) in [5.74, 6) is 2.01. The van der Waals surface area contributed by atoms with Crippen molar-refractivity contribution in [1.29, 1.82) is 0 Å². The lowest BCUT2D eigenvalue weighted by atomic mass is 9.97. The van der Waals surface area contributed by atoms with Gasteiger partial charge in [0.1, 0.15) is 11.6 Å². The van der Waals surface area contributed by atoms with Gasteiger partial charge in [-0.15, -0.1) is 0 Å². The predicted octanol–water partition coefficient (Wildman–Crippen LogP) is 4.32. The number of hydrogen-bond donors (Lipinski definition) is 1. The van der Waals surface area contributed by atoms with Crippen LogP contribution in [0, 0.1) is 12.8 Å². The predicted molar refractivity (Wildman–Crippen MR) is 109 cm³/mol. The molecule has 1 amide bonds. The third-order valence-electron chi connectivity index (χ3n) is 5.22. The summed E-state index contributed by atoms with van der Waals surface area (Å²) in [5.41, 5.74) is 2.75. The highest BCUT2D eigenvalue weighted by Gasteiger charge is 2.26. The minimum absolute atomic E-state index is 0.0621. The van der Waals surface area contributed by atoms with Gasteiger partial charge in [-0.3, -0.25) is 4.79 Å². The van der Waals surface area contributed by atoms with Crippen molar-refractivity contribution in [3.8, 4) is 17.1 Å². The van der Waals surface area contributed by atoms with Crippen molar-refractivity contribution in [2.24, 2.45) is 5.92 Å². The molecule has 3 aromatic rings. The van der Waals surface area contributed by atoms with E-state index in [0.29, 0.717) is 18.1 Å². The minimum atomic E-state index is 0.0621. The molecule has 1 N–H and O–H groups in total. The van der Waals surface area contributed by atoms with E-state index < -0.39 is 0 Å². The molecule has 28 heavy (non-hydrogen) atoms. The Labute approximate surface area is 165 Å². The maximum atomic E-state index is 13.2. The summed E-state index contributed by atoms with van der Waals surface area (Å²) in [4.78, 5) is 22.6. The Morgan fingerprint density at radius 2 is 2.04 bits per heavy atom. The Balaban J connectivity index is 1.43. The van der Waals surface area contributed by atoms with Crippen LogP contribution in [0.3, 0.4) is 0 Å². The number of piperidine rings is 1. The number of rotatable bonds is 5. The first-order chi connectivity index (χ1) is 13.7. The maximum absolute atomic E-state index is 13.2. The average molecular weight is 375 g/mol. The van der Waals surface area contributed by atoms with Crippen molar-refractivity contribution in [3.05, 3.63) is 72.1 Å². The minimum Gasteiger partial charge on any atom is -0.493 e. The molecule has 0 saturated carbocycles. The number of benzene rings is 2. The van der Waals surface area contributed by atoms with Gasteiger partial charge in [0.15, 0.2) is 0 Å². The van der Waals surface area contributed by atoms with Crippen LogP contribution in [0.2, 0.25) is 0 Å². The zero-order chi connectivity index (χ0) is 19.3. The Morgan fingerprint density at radius 3 is 2.82 bits per heavy atom. The first-order valence-electron chi connectivity index (χ1n) is 9.78. The van der Waals surface area contributed by atoms with E-state index in [-0.39, 0.29) is 5.91 Å². The van der Waals surface area contributed by atoms with Crippen LogP contribution < -0.4 is 4.74 Å². The average Bonchev–Trinajstić information content (AvgIpc) is 3.28. The van der Waals surface area contributed by atoms with E-state index in [4.69, 9.17) is 4.74 Å². The molecule has 0 bridgehead atoms. The van der Waals surface area contributed by atoms with Crippen molar-refractivity contribution in [3.63, 3.8) is 0 Å². The van der Waals surface area contributed by atoms with Gasteiger partial charge in [-0.25, -0.2) is 4.98 Å². The summed E-state index contributed by atoms with van der Waals surface area (Å²) in [5, 5.41) is 0. The Morgan fingerprint density at radius 1 is 1.21 bits per heavy atom. The SMILES string of the molecule is Cc1ccc(OCC2CCCN(C(=O)c3ccccc3-c3ncc[nH]3)C2)cc1. The molecule has 4 rings (SSSR count). The molecule has 0 spiro atoms. The fourth-order valence-electron chi connectivity index (χ4n) is 3.69. The van der Waals surface area contributed by atoms with Crippen LogP contribution in [0.15, 0.2) is 60.9 Å². The highest BCUT2D eigenvalue weighted by molar-refractivity contribution is 6.00. The van der Waals surface area contributed by atoms with Crippen molar-refractivity contribution < 1.29 is 9.53 Å². The fraction of sp³-hybridized carbons (Fsp3) is 0.304. The number of imidazole rings is 1. The van der Waals surface area contributed by atoms with Crippen LogP contribution in [0.4, 0.5) is 0 Å². The van der Waals surface area contributed by atoms with Crippen LogP contribution in [-0.2, 0) is 0 Å². The fourth-order valence-corrected chi connectivity index (χ4v) is 3.69. The highest BCUT2D eigenvalue weighted by atomic mass is 16.5. The number of carbonyl (C=O) groups is 1. The Kier molecular flexibility index (Phi) is 5.42. The monoisotopic (exact) mass is 375 g/mol. The van der Waals surface area contributed by atoms with Crippen molar-refractivity contribution >= 4 is 5.91 Å². The van der Waals surface area contributed by atoms with Gasteiger partial charge in [0, 0.05) is 37.0 Å². The van der Waals surface area contributed by atoms with E-state index in [1.54, 1.807) is 12.4 Å². The highest BCUT2D eigenvalue weighted by Crippen LogP contribution is 2.25. The second-order valence-electron chi connectivity index (χ2n) is 7.37. The molecule has 0 aliphatic carbocycles. The van der Waals surface area contributed by atoms with Crippen molar-refractivity contribution in [2.45, 2.75) is 19.8 Å². The molecular formula is C23H25N3O2. The molecule has 5 heteroatoms. The van der Waals surface area contributed by atoms with E-state index >= 15 is 0 Å². The normalized spacial score (nSPS) is 16.8. The lowest BCUT2D eigenvalue weighted by molar-refractivity contribution is 0.0634. The van der Waals surface area contributed by atoms with Gasteiger partial charge in [0.05, 0.1) is 12.2 Å². The first-order valence-corrected chi connectivity index (χ1v) is 9.78. The summed E-state index contributed by atoms with van der Waals surface area (Å²) in [6.07, 6.45) is 5.55. The largest absolute Gasteiger partial charge is 0.493 e. The first kappa shape index (κ1) is 18.3. The number of aromatic amines is 1. The number of aromatic nitrogens is 2. The lowest BCUT2D eigenvalue weighted by Crippen LogP contribution is -2.41. The summed E-state index contributed by atoms with van der Waals surface area (Å²) in [6, 6.07) is 15.8. The molecule has 2 aromatic carbocycles. The maximum Gasteiger partial charge on any atom is 0.254 e. The second kappa shape index (κ2) is 8.30. The number of likely N-dealkylation sites (tertiary alicyclic amines) is 1. The number of carbonyl (C=O) groups excluding carboxylic acids is 1. The molecule has 5 nitrogen and oxygen atoms in total. The van der Waals surface area contributed by atoms with Crippen molar-refractivity contribution in [1.82, 2.24) is 14.9 Å². The van der Waals surface area contributed by atoms with E-state index in [1.165, 1.54) is 5.56 Å². The topological polar surface area (TPSA) is 58.2 Å². The molecule has 144 valence electrons. The van der Waals surface area contributed by atoms with E-state index in [0.717, 1.165) is 43.1 Å². The number of hydrogen-bond acceptors (Lipinski definition) is 3. The number of aryl methyl sites for hydroxylation is 1. The van der Waals surface area contributed by atoms with Crippen LogP contribution in [0.25, 0.3) is 11.4 Å². The summed E-state index contributed by atoms with van der Waals surface area (Å²) in [6.45, 7) is 4.20. The molecule has 1 aromatic heterocycles. The van der Waals surface area contributed by atoms with E-state index in [9.17, 15) is 4.79 Å².